The zero-order valence-electron chi connectivity index (χ0n) is 18.2. The van der Waals surface area contributed by atoms with E-state index in [2.05, 4.69) is 5.32 Å². The Balaban J connectivity index is 1.79. The number of halogens is 1. The van der Waals surface area contributed by atoms with Crippen LogP contribution in [0.5, 0.6) is 0 Å². The third-order valence-electron chi connectivity index (χ3n) is 5.15. The van der Waals surface area contributed by atoms with Crippen molar-refractivity contribution in [3.05, 3.63) is 53.3 Å². The molecular weight excluding hydrogens is 437 g/mol. The molecule has 0 atom stereocenters. The predicted molar refractivity (Wildman–Crippen MR) is 119 cm³/mol. The van der Waals surface area contributed by atoms with Crippen LogP contribution in [0, 0.1) is 12.7 Å². The molecule has 10 heteroatoms. The second kappa shape index (κ2) is 9.66. The van der Waals surface area contributed by atoms with E-state index < -0.39 is 34.3 Å². The summed E-state index contributed by atoms with van der Waals surface area (Å²) in [6.45, 7) is 2.54. The van der Waals surface area contributed by atoms with Crippen LogP contribution in [-0.4, -0.2) is 58.4 Å². The number of hydrogen-bond acceptors (Lipinski definition) is 6. The van der Waals surface area contributed by atoms with Crippen molar-refractivity contribution in [3.8, 4) is 0 Å². The molecule has 1 N–H and O–H groups in total. The molecule has 32 heavy (non-hydrogen) atoms. The third-order valence-corrected chi connectivity index (χ3v) is 6.96. The van der Waals surface area contributed by atoms with Crippen LogP contribution in [0.25, 0.3) is 0 Å². The molecule has 0 aliphatic carbocycles. The molecule has 2 aromatic rings. The topological polar surface area (TPSA) is 96.0 Å². The van der Waals surface area contributed by atoms with Crippen molar-refractivity contribution in [3.63, 3.8) is 0 Å². The molecule has 0 unspecified atom stereocenters. The number of amides is 1. The van der Waals surface area contributed by atoms with Crippen molar-refractivity contribution in [1.29, 1.82) is 0 Å². The molecule has 3 rings (SSSR count). The van der Waals surface area contributed by atoms with E-state index >= 15 is 0 Å². The van der Waals surface area contributed by atoms with Crippen molar-refractivity contribution in [2.24, 2.45) is 0 Å². The average molecular weight is 464 g/mol. The monoisotopic (exact) mass is 463 g/mol. The smallest absolute Gasteiger partial charge is 0.340 e. The van der Waals surface area contributed by atoms with Crippen LogP contribution in [-0.2, 0) is 19.6 Å². The van der Waals surface area contributed by atoms with Crippen LogP contribution < -0.4 is 10.2 Å². The van der Waals surface area contributed by atoms with Crippen LogP contribution in [0.1, 0.15) is 28.8 Å². The molecule has 1 aliphatic heterocycles. The maximum absolute atomic E-state index is 13.9. The summed E-state index contributed by atoms with van der Waals surface area (Å²) in [5, 5.41) is 2.36. The fraction of sp³-hybridized carbons (Fsp3) is 0.364. The fourth-order valence-corrected chi connectivity index (χ4v) is 4.33. The summed E-state index contributed by atoms with van der Waals surface area (Å²) in [6.07, 6.45) is 1.91. The molecule has 1 aliphatic rings. The summed E-state index contributed by atoms with van der Waals surface area (Å²) in [5.41, 5.74) is 1.29. The second-order valence-electron chi connectivity index (χ2n) is 7.77. The summed E-state index contributed by atoms with van der Waals surface area (Å²) in [4.78, 5) is 26.9. The highest BCUT2D eigenvalue weighted by molar-refractivity contribution is 7.89. The quantitative estimate of drug-likeness (QED) is 0.635. The molecule has 0 aromatic heterocycles. The maximum Gasteiger partial charge on any atom is 0.340 e. The highest BCUT2D eigenvalue weighted by Crippen LogP contribution is 2.28. The van der Waals surface area contributed by atoms with Gasteiger partial charge in [-0.1, -0.05) is 6.07 Å². The molecule has 8 nitrogen and oxygen atoms in total. The van der Waals surface area contributed by atoms with E-state index in [1.807, 2.05) is 4.90 Å². The Hall–Kier alpha value is -2.98. The van der Waals surface area contributed by atoms with E-state index in [1.54, 1.807) is 19.1 Å². The Kier molecular flexibility index (Phi) is 7.15. The van der Waals surface area contributed by atoms with Gasteiger partial charge in [-0.05, 0) is 55.7 Å². The fourth-order valence-electron chi connectivity index (χ4n) is 3.40. The molecular formula is C22H26FN3O5S. The van der Waals surface area contributed by atoms with Gasteiger partial charge in [0.25, 0.3) is 5.91 Å². The summed E-state index contributed by atoms with van der Waals surface area (Å²) in [7, 11) is -0.969. The lowest BCUT2D eigenvalue weighted by Gasteiger charge is -2.22. The maximum atomic E-state index is 13.9. The lowest BCUT2D eigenvalue weighted by Crippen LogP contribution is -2.26. The molecule has 0 bridgehead atoms. The number of ether oxygens (including phenoxy) is 1. The Morgan fingerprint density at radius 1 is 1.12 bits per heavy atom. The minimum atomic E-state index is -3.77. The van der Waals surface area contributed by atoms with Crippen LogP contribution in [0.2, 0.25) is 0 Å². The largest absolute Gasteiger partial charge is 0.452 e. The summed E-state index contributed by atoms with van der Waals surface area (Å²) >= 11 is 0. The predicted octanol–water partition coefficient (Wildman–Crippen LogP) is 2.78. The van der Waals surface area contributed by atoms with Gasteiger partial charge in [-0.15, -0.1) is 0 Å². The first-order valence-electron chi connectivity index (χ1n) is 10.1. The molecule has 172 valence electrons. The number of rotatable bonds is 7. The zero-order valence-corrected chi connectivity index (χ0v) is 19.0. The molecule has 2 aromatic carbocycles. The van der Waals surface area contributed by atoms with Gasteiger partial charge >= 0.3 is 5.97 Å². The van der Waals surface area contributed by atoms with E-state index in [1.165, 1.54) is 38.4 Å². The van der Waals surface area contributed by atoms with E-state index in [-0.39, 0.29) is 16.1 Å². The number of aryl methyl sites for hydroxylation is 1. The number of carbonyl (C=O) groups excluding carboxylic acids is 2. The lowest BCUT2D eigenvalue weighted by molar-refractivity contribution is -0.119. The van der Waals surface area contributed by atoms with Gasteiger partial charge in [-0.2, -0.15) is 0 Å². The third kappa shape index (κ3) is 5.25. The van der Waals surface area contributed by atoms with Crippen LogP contribution >= 0.6 is 0 Å². The van der Waals surface area contributed by atoms with Gasteiger partial charge in [0, 0.05) is 27.2 Å². The number of nitrogens with zero attached hydrogens (tertiary/aromatic N) is 2. The van der Waals surface area contributed by atoms with Crippen LogP contribution in [0.4, 0.5) is 15.8 Å². The number of carbonyl (C=O) groups is 2. The van der Waals surface area contributed by atoms with Crippen molar-refractivity contribution in [1.82, 2.24) is 4.31 Å². The Morgan fingerprint density at radius 2 is 1.81 bits per heavy atom. The van der Waals surface area contributed by atoms with Crippen molar-refractivity contribution in [2.45, 2.75) is 24.7 Å². The van der Waals surface area contributed by atoms with Gasteiger partial charge in [-0.25, -0.2) is 21.9 Å². The minimum Gasteiger partial charge on any atom is -0.452 e. The van der Waals surface area contributed by atoms with Crippen molar-refractivity contribution >= 4 is 33.3 Å². The minimum absolute atomic E-state index is 0.0199. The zero-order chi connectivity index (χ0) is 23.5. The van der Waals surface area contributed by atoms with Crippen molar-refractivity contribution in [2.75, 3.05) is 44.0 Å². The van der Waals surface area contributed by atoms with Crippen molar-refractivity contribution < 1.29 is 27.1 Å². The Labute approximate surface area is 187 Å². The van der Waals surface area contributed by atoms with Crippen LogP contribution in [0.3, 0.4) is 0 Å². The second-order valence-corrected chi connectivity index (χ2v) is 9.92. The summed E-state index contributed by atoms with van der Waals surface area (Å²) in [5.74, 6) is -2.13. The molecule has 1 fully saturated rings. The average Bonchev–Trinajstić information content (AvgIpc) is 3.28. The van der Waals surface area contributed by atoms with E-state index in [0.717, 1.165) is 30.2 Å². The van der Waals surface area contributed by atoms with Crippen LogP contribution in [0.15, 0.2) is 41.3 Å². The number of benzene rings is 2. The van der Waals surface area contributed by atoms with Gasteiger partial charge < -0.3 is 15.0 Å². The normalized spacial score (nSPS) is 14.0. The number of hydrogen-bond donors (Lipinski definition) is 1. The number of sulfonamides is 1. The first-order chi connectivity index (χ1) is 15.1. The van der Waals surface area contributed by atoms with Gasteiger partial charge in [0.2, 0.25) is 10.0 Å². The van der Waals surface area contributed by atoms with Gasteiger partial charge in [0.05, 0.1) is 21.8 Å². The van der Waals surface area contributed by atoms with Gasteiger partial charge in [0.1, 0.15) is 5.82 Å². The number of nitrogens with one attached hydrogen (secondary N) is 1. The Bertz CT molecular complexity index is 1130. The van der Waals surface area contributed by atoms with E-state index in [4.69, 9.17) is 4.74 Å². The lowest BCUT2D eigenvalue weighted by atomic mass is 10.1. The first kappa shape index (κ1) is 23.7. The molecule has 1 heterocycles. The summed E-state index contributed by atoms with van der Waals surface area (Å²) in [6, 6.07) is 8.64. The molecule has 1 saturated heterocycles. The molecule has 0 spiro atoms. The highest BCUT2D eigenvalue weighted by Gasteiger charge is 2.25. The SMILES string of the molecule is Cc1ccc(NC(=O)COC(=O)c2cc(S(=O)(=O)N(C)C)ccc2N2CCCC2)c(F)c1. The number of esters is 1. The summed E-state index contributed by atoms with van der Waals surface area (Å²) < 4.78 is 45.2. The van der Waals surface area contributed by atoms with E-state index in [9.17, 15) is 22.4 Å². The van der Waals surface area contributed by atoms with E-state index in [0.29, 0.717) is 11.3 Å². The van der Waals surface area contributed by atoms with Gasteiger partial charge in [-0.3, -0.25) is 4.79 Å². The highest BCUT2D eigenvalue weighted by atomic mass is 32.2. The molecule has 0 radical (unpaired) electrons. The van der Waals surface area contributed by atoms with Gasteiger partial charge in [0.15, 0.2) is 6.61 Å². The molecule has 0 saturated carbocycles. The number of anilines is 2. The standard InChI is InChI=1S/C22H26FN3O5S/c1-15-6-8-19(18(23)12-15)24-21(27)14-31-22(28)17-13-16(32(29,30)25(2)3)7-9-20(17)26-10-4-5-11-26/h6-9,12-13H,4-5,10-11,14H2,1-3H3,(H,24,27). The first-order valence-corrected chi connectivity index (χ1v) is 11.6. The molecule has 1 amide bonds. The Morgan fingerprint density at radius 3 is 2.44 bits per heavy atom.